The SMILES string of the molecule is COc1cccc([C@H]2CN(C(=O)Nc3cc(C)cc(C)n3)CCO2)c1. The number of carbonyl (C=O) groups is 1. The summed E-state index contributed by atoms with van der Waals surface area (Å²) in [6, 6.07) is 11.4. The Hall–Kier alpha value is -2.60. The van der Waals surface area contributed by atoms with E-state index in [-0.39, 0.29) is 12.1 Å². The lowest BCUT2D eigenvalue weighted by Crippen LogP contribution is -2.44. The highest BCUT2D eigenvalue weighted by molar-refractivity contribution is 5.88. The zero-order valence-corrected chi connectivity index (χ0v) is 14.8. The smallest absolute Gasteiger partial charge is 0.323 e. The molecule has 0 saturated carbocycles. The second-order valence-electron chi connectivity index (χ2n) is 6.18. The predicted molar refractivity (Wildman–Crippen MR) is 96.0 cm³/mol. The number of anilines is 1. The summed E-state index contributed by atoms with van der Waals surface area (Å²) in [5, 5.41) is 2.88. The first-order valence-corrected chi connectivity index (χ1v) is 8.32. The minimum Gasteiger partial charge on any atom is -0.497 e. The number of urea groups is 1. The highest BCUT2D eigenvalue weighted by Gasteiger charge is 2.26. The van der Waals surface area contributed by atoms with Crippen molar-refractivity contribution in [2.45, 2.75) is 20.0 Å². The summed E-state index contributed by atoms with van der Waals surface area (Å²) in [5.41, 5.74) is 2.95. The van der Waals surface area contributed by atoms with Gasteiger partial charge in [-0.1, -0.05) is 12.1 Å². The zero-order chi connectivity index (χ0) is 17.8. The van der Waals surface area contributed by atoms with E-state index in [0.717, 1.165) is 22.6 Å². The van der Waals surface area contributed by atoms with Crippen molar-refractivity contribution < 1.29 is 14.3 Å². The fourth-order valence-corrected chi connectivity index (χ4v) is 2.97. The van der Waals surface area contributed by atoms with Crippen LogP contribution < -0.4 is 10.1 Å². The molecular weight excluding hydrogens is 318 g/mol. The molecule has 132 valence electrons. The van der Waals surface area contributed by atoms with Crippen molar-refractivity contribution in [2.24, 2.45) is 0 Å². The van der Waals surface area contributed by atoms with Crippen molar-refractivity contribution in [3.63, 3.8) is 0 Å². The summed E-state index contributed by atoms with van der Waals surface area (Å²) in [4.78, 5) is 18.7. The standard InChI is InChI=1S/C19H23N3O3/c1-13-9-14(2)20-18(10-13)21-19(23)22-7-8-25-17(12-22)15-5-4-6-16(11-15)24-3/h4-6,9-11,17H,7-8,12H2,1-3H3,(H,20,21,23)/t17-/m1/s1. The second kappa shape index (κ2) is 7.53. The first kappa shape index (κ1) is 17.2. The maximum absolute atomic E-state index is 12.6. The summed E-state index contributed by atoms with van der Waals surface area (Å²) in [7, 11) is 1.64. The number of pyridine rings is 1. The van der Waals surface area contributed by atoms with E-state index in [1.165, 1.54) is 0 Å². The molecule has 0 aliphatic carbocycles. The van der Waals surface area contributed by atoms with Crippen LogP contribution in [0.3, 0.4) is 0 Å². The van der Waals surface area contributed by atoms with Gasteiger partial charge in [-0.15, -0.1) is 0 Å². The van der Waals surface area contributed by atoms with Gasteiger partial charge in [0.25, 0.3) is 0 Å². The van der Waals surface area contributed by atoms with Crippen molar-refractivity contribution in [3.8, 4) is 5.75 Å². The van der Waals surface area contributed by atoms with Crippen LogP contribution in [0, 0.1) is 13.8 Å². The van der Waals surface area contributed by atoms with Crippen LogP contribution in [0.4, 0.5) is 10.6 Å². The van der Waals surface area contributed by atoms with Gasteiger partial charge in [-0.05, 0) is 49.2 Å². The van der Waals surface area contributed by atoms with E-state index in [9.17, 15) is 4.79 Å². The molecule has 25 heavy (non-hydrogen) atoms. The van der Waals surface area contributed by atoms with Crippen LogP contribution in [0.2, 0.25) is 0 Å². The summed E-state index contributed by atoms with van der Waals surface area (Å²) >= 11 is 0. The van der Waals surface area contributed by atoms with Gasteiger partial charge in [0, 0.05) is 12.2 Å². The number of nitrogens with zero attached hydrogens (tertiary/aromatic N) is 2. The Morgan fingerprint density at radius 1 is 1.32 bits per heavy atom. The second-order valence-corrected chi connectivity index (χ2v) is 6.18. The fourth-order valence-electron chi connectivity index (χ4n) is 2.97. The van der Waals surface area contributed by atoms with Gasteiger partial charge >= 0.3 is 6.03 Å². The number of methoxy groups -OCH3 is 1. The minimum atomic E-state index is -0.165. The number of hydrogen-bond donors (Lipinski definition) is 1. The van der Waals surface area contributed by atoms with Gasteiger partial charge in [0.2, 0.25) is 0 Å². The Bertz CT molecular complexity index is 743. The van der Waals surface area contributed by atoms with E-state index >= 15 is 0 Å². The van der Waals surface area contributed by atoms with Crippen molar-refractivity contribution >= 4 is 11.8 Å². The third-order valence-electron chi connectivity index (χ3n) is 4.15. The number of ether oxygens (including phenoxy) is 2. The van der Waals surface area contributed by atoms with Crippen LogP contribution in [-0.2, 0) is 4.74 Å². The molecule has 0 bridgehead atoms. The lowest BCUT2D eigenvalue weighted by atomic mass is 10.1. The third kappa shape index (κ3) is 4.28. The summed E-state index contributed by atoms with van der Waals surface area (Å²) in [6.45, 7) is 5.44. The number of morpholine rings is 1. The van der Waals surface area contributed by atoms with Crippen LogP contribution in [0.15, 0.2) is 36.4 Å². The van der Waals surface area contributed by atoms with Gasteiger partial charge < -0.3 is 14.4 Å². The van der Waals surface area contributed by atoms with E-state index in [0.29, 0.717) is 25.5 Å². The zero-order valence-electron chi connectivity index (χ0n) is 14.8. The molecule has 1 saturated heterocycles. The molecule has 2 aromatic rings. The minimum absolute atomic E-state index is 0.159. The van der Waals surface area contributed by atoms with Crippen molar-refractivity contribution in [3.05, 3.63) is 53.2 Å². The monoisotopic (exact) mass is 341 g/mol. The first-order chi connectivity index (χ1) is 12.0. The molecule has 3 rings (SSSR count). The normalized spacial score (nSPS) is 17.2. The average molecular weight is 341 g/mol. The average Bonchev–Trinajstić information content (AvgIpc) is 2.61. The quantitative estimate of drug-likeness (QED) is 0.930. The molecule has 1 N–H and O–H groups in total. The summed E-state index contributed by atoms with van der Waals surface area (Å²) in [6.07, 6.45) is -0.165. The van der Waals surface area contributed by atoms with Gasteiger partial charge in [0.1, 0.15) is 17.7 Å². The summed E-state index contributed by atoms with van der Waals surface area (Å²) in [5.74, 6) is 1.36. The van der Waals surface area contributed by atoms with Crippen LogP contribution >= 0.6 is 0 Å². The number of amides is 2. The Labute approximate surface area is 147 Å². The molecule has 1 aliphatic heterocycles. The van der Waals surface area contributed by atoms with Crippen LogP contribution in [0.5, 0.6) is 5.75 Å². The van der Waals surface area contributed by atoms with E-state index in [1.54, 1.807) is 12.0 Å². The molecule has 0 radical (unpaired) electrons. The molecule has 1 aromatic carbocycles. The molecule has 1 fully saturated rings. The van der Waals surface area contributed by atoms with Crippen LogP contribution in [0.25, 0.3) is 0 Å². The Morgan fingerprint density at radius 3 is 2.92 bits per heavy atom. The van der Waals surface area contributed by atoms with Crippen molar-refractivity contribution in [1.82, 2.24) is 9.88 Å². The Kier molecular flexibility index (Phi) is 5.19. The predicted octanol–water partition coefficient (Wildman–Crippen LogP) is 3.31. The molecule has 6 heteroatoms. The van der Waals surface area contributed by atoms with Gasteiger partial charge in [-0.25, -0.2) is 9.78 Å². The largest absolute Gasteiger partial charge is 0.497 e. The maximum atomic E-state index is 12.6. The van der Waals surface area contributed by atoms with Gasteiger partial charge in [-0.3, -0.25) is 5.32 Å². The van der Waals surface area contributed by atoms with Crippen LogP contribution in [-0.4, -0.2) is 42.7 Å². The molecule has 1 atom stereocenters. The van der Waals surface area contributed by atoms with E-state index in [4.69, 9.17) is 9.47 Å². The molecule has 1 aromatic heterocycles. The lowest BCUT2D eigenvalue weighted by molar-refractivity contribution is -0.0135. The third-order valence-corrected chi connectivity index (χ3v) is 4.15. The lowest BCUT2D eigenvalue weighted by Gasteiger charge is -2.33. The number of carbonyl (C=O) groups excluding carboxylic acids is 1. The summed E-state index contributed by atoms with van der Waals surface area (Å²) < 4.78 is 11.1. The molecule has 2 heterocycles. The fraction of sp³-hybridized carbons (Fsp3) is 0.368. The van der Waals surface area contributed by atoms with Gasteiger partial charge in [-0.2, -0.15) is 0 Å². The topological polar surface area (TPSA) is 63.7 Å². The Morgan fingerprint density at radius 2 is 2.16 bits per heavy atom. The number of hydrogen-bond acceptors (Lipinski definition) is 4. The number of benzene rings is 1. The number of aryl methyl sites for hydroxylation is 2. The molecular formula is C19H23N3O3. The highest BCUT2D eigenvalue weighted by Crippen LogP contribution is 2.25. The van der Waals surface area contributed by atoms with Crippen LogP contribution in [0.1, 0.15) is 22.9 Å². The number of nitrogens with one attached hydrogen (secondary N) is 1. The Balaban J connectivity index is 1.68. The number of rotatable bonds is 3. The van der Waals surface area contributed by atoms with E-state index in [1.807, 2.05) is 50.2 Å². The maximum Gasteiger partial charge on any atom is 0.323 e. The van der Waals surface area contributed by atoms with E-state index in [2.05, 4.69) is 10.3 Å². The molecule has 0 spiro atoms. The number of aromatic nitrogens is 1. The van der Waals surface area contributed by atoms with Gasteiger partial charge in [0.15, 0.2) is 0 Å². The van der Waals surface area contributed by atoms with Gasteiger partial charge in [0.05, 0.1) is 20.3 Å². The van der Waals surface area contributed by atoms with E-state index < -0.39 is 0 Å². The molecule has 6 nitrogen and oxygen atoms in total. The van der Waals surface area contributed by atoms with Crippen molar-refractivity contribution in [2.75, 3.05) is 32.1 Å². The highest BCUT2D eigenvalue weighted by atomic mass is 16.5. The first-order valence-electron chi connectivity index (χ1n) is 8.32. The molecule has 2 amide bonds. The molecule has 1 aliphatic rings. The van der Waals surface area contributed by atoms with Crippen molar-refractivity contribution in [1.29, 1.82) is 0 Å². The molecule has 0 unspecified atom stereocenters.